The van der Waals surface area contributed by atoms with Gasteiger partial charge in [0.05, 0.1) is 10.7 Å². The van der Waals surface area contributed by atoms with Gasteiger partial charge in [0.1, 0.15) is 0 Å². The third kappa shape index (κ3) is 3.43. The van der Waals surface area contributed by atoms with E-state index in [-0.39, 0.29) is 0 Å². The molecule has 100 valence electrons. The lowest BCUT2D eigenvalue weighted by atomic mass is 10.2. The summed E-state index contributed by atoms with van der Waals surface area (Å²) >= 11 is 1.88. The van der Waals surface area contributed by atoms with Crippen LogP contribution in [0.25, 0.3) is 0 Å². The van der Waals surface area contributed by atoms with E-state index in [0.717, 1.165) is 25.4 Å². The zero-order valence-electron chi connectivity index (χ0n) is 11.4. The molecular formula is C16H20N2S. The summed E-state index contributed by atoms with van der Waals surface area (Å²) in [4.78, 5) is 6.23. The summed E-state index contributed by atoms with van der Waals surface area (Å²) < 4.78 is 0. The molecule has 1 aliphatic carbocycles. The van der Waals surface area contributed by atoms with Gasteiger partial charge < -0.3 is 5.32 Å². The first-order valence-corrected chi connectivity index (χ1v) is 7.91. The highest BCUT2D eigenvalue weighted by Crippen LogP contribution is 2.24. The second-order valence-corrected chi connectivity index (χ2v) is 6.32. The van der Waals surface area contributed by atoms with Gasteiger partial charge in [-0.05, 0) is 24.8 Å². The summed E-state index contributed by atoms with van der Waals surface area (Å²) in [6.45, 7) is 3.20. The lowest BCUT2D eigenvalue weighted by Gasteiger charge is -2.00. The molecule has 0 spiro atoms. The Bertz CT molecular complexity index is 529. The number of nitrogens with zero attached hydrogens (tertiary/aromatic N) is 1. The van der Waals surface area contributed by atoms with Gasteiger partial charge in [-0.3, -0.25) is 0 Å². The van der Waals surface area contributed by atoms with E-state index in [2.05, 4.69) is 42.6 Å². The lowest BCUT2D eigenvalue weighted by molar-refractivity contribution is 0.689. The van der Waals surface area contributed by atoms with Crippen molar-refractivity contribution >= 4 is 11.3 Å². The molecule has 19 heavy (non-hydrogen) atoms. The van der Waals surface area contributed by atoms with E-state index in [4.69, 9.17) is 4.98 Å². The van der Waals surface area contributed by atoms with Gasteiger partial charge in [0.25, 0.3) is 0 Å². The molecule has 0 saturated heterocycles. The molecule has 1 heterocycles. The Morgan fingerprint density at radius 2 is 2.05 bits per heavy atom. The third-order valence-corrected chi connectivity index (χ3v) is 4.58. The Morgan fingerprint density at radius 3 is 2.74 bits per heavy atom. The van der Waals surface area contributed by atoms with Gasteiger partial charge in [-0.15, -0.1) is 11.3 Å². The first-order chi connectivity index (χ1) is 9.35. The highest BCUT2D eigenvalue weighted by Gasteiger charge is 2.21. The summed E-state index contributed by atoms with van der Waals surface area (Å²) in [7, 11) is 0. The molecule has 0 aliphatic heterocycles. The molecule has 1 fully saturated rings. The molecule has 3 heteroatoms. The number of aryl methyl sites for hydroxylation is 1. The van der Waals surface area contributed by atoms with E-state index in [9.17, 15) is 0 Å². The summed E-state index contributed by atoms with van der Waals surface area (Å²) in [5.41, 5.74) is 2.63. The lowest BCUT2D eigenvalue weighted by Crippen LogP contribution is -2.15. The topological polar surface area (TPSA) is 24.9 Å². The molecule has 0 unspecified atom stereocenters. The molecular weight excluding hydrogens is 252 g/mol. The van der Waals surface area contributed by atoms with Crippen LogP contribution in [-0.4, -0.2) is 11.0 Å². The second-order valence-electron chi connectivity index (χ2n) is 5.15. The molecule has 3 rings (SSSR count). The van der Waals surface area contributed by atoms with Crippen LogP contribution >= 0.6 is 11.3 Å². The Hall–Kier alpha value is -1.19. The van der Waals surface area contributed by atoms with Crippen molar-refractivity contribution < 1.29 is 0 Å². The third-order valence-electron chi connectivity index (χ3n) is 3.48. The number of nitrogens with one attached hydrogen (secondary N) is 1. The quantitative estimate of drug-likeness (QED) is 0.870. The van der Waals surface area contributed by atoms with E-state index in [1.807, 2.05) is 11.3 Å². The molecule has 0 amide bonds. The number of hydrogen-bond acceptors (Lipinski definition) is 3. The normalized spacial score (nSPS) is 14.8. The average molecular weight is 272 g/mol. The highest BCUT2D eigenvalue weighted by molar-refractivity contribution is 7.11. The monoisotopic (exact) mass is 272 g/mol. The van der Waals surface area contributed by atoms with E-state index in [1.165, 1.54) is 34.0 Å². The van der Waals surface area contributed by atoms with E-state index in [0.29, 0.717) is 0 Å². The zero-order valence-corrected chi connectivity index (χ0v) is 12.2. The van der Waals surface area contributed by atoms with E-state index in [1.54, 1.807) is 0 Å². The van der Waals surface area contributed by atoms with Gasteiger partial charge in [0, 0.05) is 23.9 Å². The molecule has 0 bridgehead atoms. The van der Waals surface area contributed by atoms with Gasteiger partial charge in [-0.25, -0.2) is 4.98 Å². The van der Waals surface area contributed by atoms with Crippen molar-refractivity contribution in [1.82, 2.24) is 10.3 Å². The summed E-state index contributed by atoms with van der Waals surface area (Å²) in [5.74, 6) is 0. The Kier molecular flexibility index (Phi) is 3.95. The van der Waals surface area contributed by atoms with Crippen molar-refractivity contribution in [3.05, 3.63) is 51.5 Å². The van der Waals surface area contributed by atoms with Crippen LogP contribution < -0.4 is 5.32 Å². The summed E-state index contributed by atoms with van der Waals surface area (Å²) in [5, 5.41) is 4.84. The maximum absolute atomic E-state index is 4.80. The smallest absolute Gasteiger partial charge is 0.0975 e. The predicted octanol–water partition coefficient (Wildman–Crippen LogP) is 3.55. The van der Waals surface area contributed by atoms with Crippen molar-refractivity contribution in [2.45, 2.75) is 45.2 Å². The maximum atomic E-state index is 4.80. The van der Waals surface area contributed by atoms with Gasteiger partial charge in [-0.1, -0.05) is 37.3 Å². The SMILES string of the molecule is CCc1nc(Cc2ccccc2)sc1CNC1CC1. The maximum Gasteiger partial charge on any atom is 0.0975 e. The molecule has 1 aromatic heterocycles. The number of rotatable bonds is 6. The molecule has 1 aliphatic rings. The first-order valence-electron chi connectivity index (χ1n) is 7.10. The van der Waals surface area contributed by atoms with Crippen LogP contribution in [0.3, 0.4) is 0 Å². The van der Waals surface area contributed by atoms with Gasteiger partial charge >= 0.3 is 0 Å². The van der Waals surface area contributed by atoms with Gasteiger partial charge in [0.2, 0.25) is 0 Å². The first kappa shape index (κ1) is 12.8. The second kappa shape index (κ2) is 5.85. The Balaban J connectivity index is 1.70. The zero-order chi connectivity index (χ0) is 13.1. The molecule has 0 atom stereocenters. The van der Waals surface area contributed by atoms with Crippen LogP contribution in [-0.2, 0) is 19.4 Å². The molecule has 2 nitrogen and oxygen atoms in total. The van der Waals surface area contributed by atoms with Crippen molar-refractivity contribution in [3.63, 3.8) is 0 Å². The fourth-order valence-electron chi connectivity index (χ4n) is 2.22. The van der Waals surface area contributed by atoms with Gasteiger partial charge in [-0.2, -0.15) is 0 Å². The van der Waals surface area contributed by atoms with Crippen LogP contribution in [0, 0.1) is 0 Å². The van der Waals surface area contributed by atoms with Crippen LogP contribution in [0.15, 0.2) is 30.3 Å². The minimum Gasteiger partial charge on any atom is -0.309 e. The molecule has 2 aromatic rings. The summed E-state index contributed by atoms with van der Waals surface area (Å²) in [6, 6.07) is 11.4. The van der Waals surface area contributed by atoms with E-state index < -0.39 is 0 Å². The predicted molar refractivity (Wildman–Crippen MR) is 80.6 cm³/mol. The van der Waals surface area contributed by atoms with Crippen molar-refractivity contribution in [1.29, 1.82) is 0 Å². The van der Waals surface area contributed by atoms with Gasteiger partial charge in [0.15, 0.2) is 0 Å². The highest BCUT2D eigenvalue weighted by atomic mass is 32.1. The Morgan fingerprint density at radius 1 is 1.26 bits per heavy atom. The minimum atomic E-state index is 0.768. The molecule has 0 radical (unpaired) electrons. The fraction of sp³-hybridized carbons (Fsp3) is 0.438. The van der Waals surface area contributed by atoms with Crippen LogP contribution in [0.2, 0.25) is 0 Å². The Labute approximate surface area is 118 Å². The molecule has 1 N–H and O–H groups in total. The largest absolute Gasteiger partial charge is 0.309 e. The van der Waals surface area contributed by atoms with Crippen LogP contribution in [0.4, 0.5) is 0 Å². The van der Waals surface area contributed by atoms with Crippen molar-refractivity contribution in [3.8, 4) is 0 Å². The number of hydrogen-bond donors (Lipinski definition) is 1. The van der Waals surface area contributed by atoms with Crippen molar-refractivity contribution in [2.75, 3.05) is 0 Å². The standard InChI is InChI=1S/C16H20N2S/c1-2-14-15(11-17-13-8-9-13)19-16(18-14)10-12-6-4-3-5-7-12/h3-7,13,17H,2,8-11H2,1H3. The fourth-order valence-corrected chi connectivity index (χ4v) is 3.36. The molecule has 1 aromatic carbocycles. The average Bonchev–Trinajstić information content (AvgIpc) is 3.19. The number of benzene rings is 1. The minimum absolute atomic E-state index is 0.768. The van der Waals surface area contributed by atoms with Crippen LogP contribution in [0.5, 0.6) is 0 Å². The van der Waals surface area contributed by atoms with Crippen LogP contribution in [0.1, 0.15) is 40.9 Å². The van der Waals surface area contributed by atoms with Crippen molar-refractivity contribution in [2.24, 2.45) is 0 Å². The number of thiazole rings is 1. The van der Waals surface area contributed by atoms with E-state index >= 15 is 0 Å². The summed E-state index contributed by atoms with van der Waals surface area (Å²) in [6.07, 6.45) is 4.68. The molecule has 1 saturated carbocycles. The number of aromatic nitrogens is 1.